The lowest BCUT2D eigenvalue weighted by Crippen LogP contribution is -2.16. The van der Waals surface area contributed by atoms with E-state index in [0.717, 1.165) is 13.0 Å². The van der Waals surface area contributed by atoms with E-state index in [1.165, 1.54) is 0 Å². The van der Waals surface area contributed by atoms with Crippen LogP contribution in [0.4, 0.5) is 0 Å². The van der Waals surface area contributed by atoms with Gasteiger partial charge in [0.15, 0.2) is 0 Å². The maximum atomic E-state index is 11.0. The monoisotopic (exact) mass is 228 g/mol. The molecule has 0 amide bonds. The van der Waals surface area contributed by atoms with Crippen molar-refractivity contribution in [2.24, 2.45) is 5.92 Å². The van der Waals surface area contributed by atoms with E-state index in [1.807, 2.05) is 6.92 Å². The maximum Gasteiger partial charge on any atom is 0.333 e. The zero-order valence-corrected chi connectivity index (χ0v) is 10.8. The molecule has 0 saturated heterocycles. The van der Waals surface area contributed by atoms with Gasteiger partial charge in [0.05, 0.1) is 13.2 Å². The average Bonchev–Trinajstić information content (AvgIpc) is 2.28. The van der Waals surface area contributed by atoms with Crippen LogP contribution in [-0.4, -0.2) is 25.8 Å². The summed E-state index contributed by atoms with van der Waals surface area (Å²) in [5.74, 6) is -0.0859. The molecule has 0 aliphatic rings. The van der Waals surface area contributed by atoms with Crippen LogP contribution >= 0.6 is 0 Å². The van der Waals surface area contributed by atoms with E-state index < -0.39 is 0 Å². The molecule has 0 aromatic rings. The Bertz CT molecular complexity index is 199. The van der Waals surface area contributed by atoms with Gasteiger partial charge in [-0.05, 0) is 13.3 Å². The standard InChI is InChI=1S/C11H20O3.C2H4/c1-5-6-13-7-10(4)8-14-11(12)9(2)3;1-2/h10H,2,5-8H2,1,3-4H3;1-2H2. The Morgan fingerprint density at radius 1 is 1.31 bits per heavy atom. The summed E-state index contributed by atoms with van der Waals surface area (Å²) < 4.78 is 10.3. The van der Waals surface area contributed by atoms with Crippen molar-refractivity contribution in [2.75, 3.05) is 19.8 Å². The summed E-state index contributed by atoms with van der Waals surface area (Å²) >= 11 is 0. The van der Waals surface area contributed by atoms with Gasteiger partial charge in [-0.3, -0.25) is 0 Å². The summed E-state index contributed by atoms with van der Waals surface area (Å²) in [6, 6.07) is 0. The molecule has 94 valence electrons. The third-order valence-corrected chi connectivity index (χ3v) is 1.60. The molecular weight excluding hydrogens is 204 g/mol. The highest BCUT2D eigenvalue weighted by Crippen LogP contribution is 2.00. The van der Waals surface area contributed by atoms with E-state index in [9.17, 15) is 4.79 Å². The van der Waals surface area contributed by atoms with Gasteiger partial charge < -0.3 is 9.47 Å². The van der Waals surface area contributed by atoms with Gasteiger partial charge in [-0.25, -0.2) is 4.79 Å². The van der Waals surface area contributed by atoms with E-state index >= 15 is 0 Å². The van der Waals surface area contributed by atoms with Crippen molar-refractivity contribution < 1.29 is 14.3 Å². The Hall–Kier alpha value is -1.09. The van der Waals surface area contributed by atoms with Gasteiger partial charge in [0.25, 0.3) is 0 Å². The molecule has 16 heavy (non-hydrogen) atoms. The second kappa shape index (κ2) is 12.0. The highest BCUT2D eigenvalue weighted by Gasteiger charge is 2.07. The molecule has 0 aliphatic heterocycles. The molecule has 0 N–H and O–H groups in total. The lowest BCUT2D eigenvalue weighted by atomic mass is 10.2. The van der Waals surface area contributed by atoms with Crippen LogP contribution in [0.5, 0.6) is 0 Å². The van der Waals surface area contributed by atoms with Crippen molar-refractivity contribution in [2.45, 2.75) is 27.2 Å². The van der Waals surface area contributed by atoms with E-state index in [1.54, 1.807) is 6.92 Å². The van der Waals surface area contributed by atoms with Gasteiger partial charge in [0.1, 0.15) is 0 Å². The molecule has 0 spiro atoms. The second-order valence-corrected chi connectivity index (χ2v) is 3.56. The average molecular weight is 228 g/mol. The van der Waals surface area contributed by atoms with Gasteiger partial charge >= 0.3 is 5.97 Å². The van der Waals surface area contributed by atoms with Crippen molar-refractivity contribution in [1.82, 2.24) is 0 Å². The van der Waals surface area contributed by atoms with E-state index in [4.69, 9.17) is 9.47 Å². The van der Waals surface area contributed by atoms with Crippen LogP contribution in [0.3, 0.4) is 0 Å². The number of carbonyl (C=O) groups excluding carboxylic acids is 1. The molecule has 0 aromatic carbocycles. The smallest absolute Gasteiger partial charge is 0.333 e. The molecule has 0 saturated carbocycles. The molecule has 0 bridgehead atoms. The van der Waals surface area contributed by atoms with Gasteiger partial charge in [0.2, 0.25) is 0 Å². The minimum Gasteiger partial charge on any atom is -0.462 e. The van der Waals surface area contributed by atoms with E-state index in [2.05, 4.69) is 26.7 Å². The molecule has 1 unspecified atom stereocenters. The number of hydrogen-bond donors (Lipinski definition) is 0. The molecule has 0 fully saturated rings. The molecule has 1 atom stereocenters. The Kier molecular flexibility index (Phi) is 13.0. The Morgan fingerprint density at radius 3 is 2.31 bits per heavy atom. The normalized spacial score (nSPS) is 10.9. The minimum atomic E-state index is -0.327. The van der Waals surface area contributed by atoms with Crippen molar-refractivity contribution in [1.29, 1.82) is 0 Å². The van der Waals surface area contributed by atoms with Crippen molar-refractivity contribution in [3.63, 3.8) is 0 Å². The fraction of sp³-hybridized carbons (Fsp3) is 0.615. The van der Waals surface area contributed by atoms with Gasteiger partial charge in [-0.2, -0.15) is 0 Å². The van der Waals surface area contributed by atoms with E-state index in [0.29, 0.717) is 18.8 Å². The first-order valence-corrected chi connectivity index (χ1v) is 5.48. The van der Waals surface area contributed by atoms with Gasteiger partial charge in [-0.15, -0.1) is 13.2 Å². The summed E-state index contributed by atoms with van der Waals surface area (Å²) in [6.07, 6.45) is 1.01. The summed E-state index contributed by atoms with van der Waals surface area (Å²) in [5.41, 5.74) is 0.437. The lowest BCUT2D eigenvalue weighted by molar-refractivity contribution is -0.140. The molecule has 0 rings (SSSR count). The minimum absolute atomic E-state index is 0.241. The van der Waals surface area contributed by atoms with Gasteiger partial charge in [0, 0.05) is 18.1 Å². The molecular formula is C13H24O3. The number of ether oxygens (including phenoxy) is 2. The number of carbonyl (C=O) groups is 1. The lowest BCUT2D eigenvalue weighted by Gasteiger charge is -2.12. The topological polar surface area (TPSA) is 35.5 Å². The molecule has 3 heteroatoms. The number of hydrogen-bond acceptors (Lipinski definition) is 3. The van der Waals surface area contributed by atoms with Crippen LogP contribution in [0.1, 0.15) is 27.2 Å². The first-order valence-electron chi connectivity index (χ1n) is 5.48. The van der Waals surface area contributed by atoms with Crippen LogP contribution in [-0.2, 0) is 14.3 Å². The second-order valence-electron chi connectivity index (χ2n) is 3.56. The third-order valence-electron chi connectivity index (χ3n) is 1.60. The van der Waals surface area contributed by atoms with Crippen molar-refractivity contribution >= 4 is 5.97 Å². The summed E-state index contributed by atoms with van der Waals surface area (Å²) in [6.45, 7) is 17.0. The molecule has 0 aromatic heterocycles. The largest absolute Gasteiger partial charge is 0.462 e. The quantitative estimate of drug-likeness (QED) is 0.291. The summed E-state index contributed by atoms with van der Waals surface area (Å²) in [5, 5.41) is 0. The van der Waals surface area contributed by atoms with E-state index in [-0.39, 0.29) is 11.9 Å². The van der Waals surface area contributed by atoms with Crippen LogP contribution in [0.2, 0.25) is 0 Å². The zero-order valence-electron chi connectivity index (χ0n) is 10.8. The third kappa shape index (κ3) is 11.0. The van der Waals surface area contributed by atoms with Crippen LogP contribution in [0, 0.1) is 5.92 Å². The predicted molar refractivity (Wildman–Crippen MR) is 67.3 cm³/mol. The SMILES string of the molecule is C=C.C=C(C)C(=O)OCC(C)COCCC. The summed E-state index contributed by atoms with van der Waals surface area (Å²) in [7, 11) is 0. The Labute approximate surface area is 99.1 Å². The number of esters is 1. The van der Waals surface area contributed by atoms with Gasteiger partial charge in [-0.1, -0.05) is 20.4 Å². The first kappa shape index (κ1) is 17.3. The highest BCUT2D eigenvalue weighted by atomic mass is 16.5. The fourth-order valence-electron chi connectivity index (χ4n) is 0.818. The summed E-state index contributed by atoms with van der Waals surface area (Å²) in [4.78, 5) is 11.0. The zero-order chi connectivity index (χ0) is 13.0. The van der Waals surface area contributed by atoms with Crippen LogP contribution in [0.15, 0.2) is 25.3 Å². The van der Waals surface area contributed by atoms with Crippen LogP contribution in [0.25, 0.3) is 0 Å². The molecule has 3 nitrogen and oxygen atoms in total. The molecule has 0 aliphatic carbocycles. The maximum absolute atomic E-state index is 11.0. The van der Waals surface area contributed by atoms with Crippen molar-refractivity contribution in [3.8, 4) is 0 Å². The first-order chi connectivity index (χ1) is 7.57. The highest BCUT2D eigenvalue weighted by molar-refractivity contribution is 5.86. The van der Waals surface area contributed by atoms with Crippen LogP contribution < -0.4 is 0 Å². The number of rotatable bonds is 7. The molecule has 0 heterocycles. The Balaban J connectivity index is 0. The Morgan fingerprint density at radius 2 is 1.88 bits per heavy atom. The predicted octanol–water partition coefficient (Wildman–Crippen LogP) is 2.97. The van der Waals surface area contributed by atoms with Crippen molar-refractivity contribution in [3.05, 3.63) is 25.3 Å². The fourth-order valence-corrected chi connectivity index (χ4v) is 0.818. The molecule has 0 radical (unpaired) electrons.